The Labute approximate surface area is 97.7 Å². The Kier molecular flexibility index (Phi) is 2.19. The van der Waals surface area contributed by atoms with Crippen LogP contribution in [0.3, 0.4) is 0 Å². The number of pyridine rings is 1. The van der Waals surface area contributed by atoms with Crippen molar-refractivity contribution < 1.29 is 0 Å². The fourth-order valence-electron chi connectivity index (χ4n) is 1.96. The second kappa shape index (κ2) is 3.69. The molecule has 0 amide bonds. The fraction of sp³-hybridized carbons (Fsp3) is 0.167. The molecular formula is C12H9N3S. The number of aromatic nitrogens is 2. The molecule has 1 aliphatic heterocycles. The van der Waals surface area contributed by atoms with Gasteiger partial charge in [-0.25, -0.2) is 0 Å². The van der Waals surface area contributed by atoms with Crippen molar-refractivity contribution in [2.75, 3.05) is 0 Å². The number of fused-ring (bicyclic) bond motifs is 1. The maximum Gasteiger partial charge on any atom is 0.133 e. The molecule has 3 heterocycles. The van der Waals surface area contributed by atoms with E-state index in [1.807, 2.05) is 24.4 Å². The van der Waals surface area contributed by atoms with Crippen molar-refractivity contribution in [2.45, 2.75) is 11.1 Å². The van der Waals surface area contributed by atoms with Crippen molar-refractivity contribution in [3.8, 4) is 17.3 Å². The molecule has 4 heteroatoms. The maximum atomic E-state index is 9.00. The quantitative estimate of drug-likeness (QED) is 0.752. The van der Waals surface area contributed by atoms with Crippen molar-refractivity contribution in [3.05, 3.63) is 42.4 Å². The zero-order valence-corrected chi connectivity index (χ0v) is 9.31. The zero-order valence-electron chi connectivity index (χ0n) is 8.50. The molecule has 2 aromatic rings. The summed E-state index contributed by atoms with van der Waals surface area (Å²) < 4.78 is 2.19. The molecule has 1 atom stereocenters. The van der Waals surface area contributed by atoms with E-state index < -0.39 is 0 Å². The molecule has 16 heavy (non-hydrogen) atoms. The number of thioether (sulfide) groups is 1. The molecule has 0 bridgehead atoms. The molecule has 0 saturated heterocycles. The predicted molar refractivity (Wildman–Crippen MR) is 63.6 cm³/mol. The van der Waals surface area contributed by atoms with Crippen LogP contribution in [0.2, 0.25) is 0 Å². The van der Waals surface area contributed by atoms with Gasteiger partial charge in [0.1, 0.15) is 5.25 Å². The van der Waals surface area contributed by atoms with E-state index >= 15 is 0 Å². The van der Waals surface area contributed by atoms with Gasteiger partial charge in [-0.2, -0.15) is 5.26 Å². The van der Waals surface area contributed by atoms with Crippen molar-refractivity contribution in [1.29, 1.82) is 5.26 Å². The van der Waals surface area contributed by atoms with E-state index in [1.165, 1.54) is 0 Å². The van der Waals surface area contributed by atoms with Gasteiger partial charge in [0.05, 0.1) is 17.6 Å². The topological polar surface area (TPSA) is 41.6 Å². The molecule has 0 fully saturated rings. The molecule has 2 aromatic heterocycles. The van der Waals surface area contributed by atoms with Crippen LogP contribution in [0.15, 0.2) is 36.7 Å². The first-order valence-electron chi connectivity index (χ1n) is 5.01. The van der Waals surface area contributed by atoms with Crippen molar-refractivity contribution in [1.82, 2.24) is 9.55 Å². The highest BCUT2D eigenvalue weighted by Crippen LogP contribution is 2.40. The van der Waals surface area contributed by atoms with Crippen LogP contribution in [0.25, 0.3) is 11.3 Å². The van der Waals surface area contributed by atoms with Crippen LogP contribution in [-0.2, 0) is 5.88 Å². The highest BCUT2D eigenvalue weighted by molar-refractivity contribution is 7.99. The van der Waals surface area contributed by atoms with Crippen LogP contribution >= 0.6 is 11.8 Å². The summed E-state index contributed by atoms with van der Waals surface area (Å²) in [5, 5.41) is 8.97. The molecule has 0 aromatic carbocycles. The highest BCUT2D eigenvalue weighted by atomic mass is 32.2. The largest absolute Gasteiger partial charge is 0.333 e. The van der Waals surface area contributed by atoms with E-state index in [-0.39, 0.29) is 5.25 Å². The van der Waals surface area contributed by atoms with E-state index in [1.54, 1.807) is 18.0 Å². The molecule has 1 aliphatic rings. The standard InChI is InChI=1S/C12H9N3S/c13-6-12-11-4-3-10(15(11)8-16-12)9-2-1-5-14-7-9/h1-5,7,12H,8H2. The monoisotopic (exact) mass is 227 g/mol. The number of hydrogen-bond donors (Lipinski definition) is 0. The van der Waals surface area contributed by atoms with Gasteiger partial charge in [-0.15, -0.1) is 11.8 Å². The molecule has 1 unspecified atom stereocenters. The highest BCUT2D eigenvalue weighted by Gasteiger charge is 2.25. The average Bonchev–Trinajstić information content (AvgIpc) is 2.90. The number of rotatable bonds is 1. The summed E-state index contributed by atoms with van der Waals surface area (Å²) in [6.07, 6.45) is 3.62. The second-order valence-corrected chi connectivity index (χ2v) is 4.68. The van der Waals surface area contributed by atoms with Gasteiger partial charge >= 0.3 is 0 Å². The molecule has 3 nitrogen and oxygen atoms in total. The van der Waals surface area contributed by atoms with Crippen LogP contribution < -0.4 is 0 Å². The van der Waals surface area contributed by atoms with Gasteiger partial charge in [-0.3, -0.25) is 4.98 Å². The Bertz CT molecular complexity index is 553. The Morgan fingerprint density at radius 3 is 3.12 bits per heavy atom. The Morgan fingerprint density at radius 1 is 1.44 bits per heavy atom. The first-order chi connectivity index (χ1) is 7.90. The van der Waals surface area contributed by atoms with Gasteiger partial charge in [-0.05, 0) is 24.3 Å². The molecule has 78 valence electrons. The summed E-state index contributed by atoms with van der Waals surface area (Å²) in [5.41, 5.74) is 3.35. The second-order valence-electron chi connectivity index (χ2n) is 3.62. The summed E-state index contributed by atoms with van der Waals surface area (Å²) in [6.45, 7) is 0. The zero-order chi connectivity index (χ0) is 11.0. The third kappa shape index (κ3) is 1.33. The lowest BCUT2D eigenvalue weighted by Crippen LogP contribution is -1.95. The van der Waals surface area contributed by atoms with E-state index in [0.29, 0.717) is 0 Å². The van der Waals surface area contributed by atoms with Crippen LogP contribution in [0.1, 0.15) is 10.9 Å². The first kappa shape index (κ1) is 9.49. The van der Waals surface area contributed by atoms with Gasteiger partial charge in [0.25, 0.3) is 0 Å². The van der Waals surface area contributed by atoms with Gasteiger partial charge < -0.3 is 4.57 Å². The SMILES string of the molecule is N#CC1SCn2c(-c3cccnc3)ccc21. The van der Waals surface area contributed by atoms with E-state index in [0.717, 1.165) is 22.8 Å². The van der Waals surface area contributed by atoms with Gasteiger partial charge in [0.15, 0.2) is 0 Å². The third-order valence-electron chi connectivity index (χ3n) is 2.73. The van der Waals surface area contributed by atoms with Crippen LogP contribution in [0.4, 0.5) is 0 Å². The Morgan fingerprint density at radius 2 is 2.38 bits per heavy atom. The van der Waals surface area contributed by atoms with E-state index in [2.05, 4.69) is 21.7 Å². The van der Waals surface area contributed by atoms with Gasteiger partial charge in [0.2, 0.25) is 0 Å². The summed E-state index contributed by atoms with van der Waals surface area (Å²) in [4.78, 5) is 4.12. The molecule has 3 rings (SSSR count). The van der Waals surface area contributed by atoms with Crippen molar-refractivity contribution >= 4 is 11.8 Å². The molecular weight excluding hydrogens is 218 g/mol. The number of nitrogens with zero attached hydrogens (tertiary/aromatic N) is 3. The third-order valence-corrected chi connectivity index (χ3v) is 3.82. The molecule has 0 spiro atoms. The lowest BCUT2D eigenvalue weighted by atomic mass is 10.2. The molecule has 0 radical (unpaired) electrons. The van der Waals surface area contributed by atoms with Crippen LogP contribution in [0, 0.1) is 11.3 Å². The minimum absolute atomic E-state index is 0.0228. The van der Waals surface area contributed by atoms with Gasteiger partial charge in [-0.1, -0.05) is 0 Å². The lowest BCUT2D eigenvalue weighted by Gasteiger charge is -2.04. The average molecular weight is 227 g/mol. The summed E-state index contributed by atoms with van der Waals surface area (Å²) in [7, 11) is 0. The van der Waals surface area contributed by atoms with Crippen molar-refractivity contribution in [2.24, 2.45) is 0 Å². The van der Waals surface area contributed by atoms with E-state index in [9.17, 15) is 0 Å². The van der Waals surface area contributed by atoms with Crippen LogP contribution in [-0.4, -0.2) is 9.55 Å². The summed E-state index contributed by atoms with van der Waals surface area (Å²) in [6, 6.07) is 10.4. The number of hydrogen-bond acceptors (Lipinski definition) is 3. The fourth-order valence-corrected chi connectivity index (χ4v) is 3.00. The Hall–Kier alpha value is -1.73. The number of nitriles is 1. The summed E-state index contributed by atoms with van der Waals surface area (Å²) >= 11 is 1.67. The minimum Gasteiger partial charge on any atom is -0.333 e. The smallest absolute Gasteiger partial charge is 0.133 e. The van der Waals surface area contributed by atoms with Gasteiger partial charge in [0, 0.05) is 23.7 Å². The molecule has 0 saturated carbocycles. The minimum atomic E-state index is -0.0228. The first-order valence-corrected chi connectivity index (χ1v) is 6.06. The molecule has 0 aliphatic carbocycles. The van der Waals surface area contributed by atoms with Crippen LogP contribution in [0.5, 0.6) is 0 Å². The van der Waals surface area contributed by atoms with Crippen molar-refractivity contribution in [3.63, 3.8) is 0 Å². The predicted octanol–water partition coefficient (Wildman–Crippen LogP) is 2.82. The normalized spacial score (nSPS) is 18.1. The summed E-state index contributed by atoms with van der Waals surface area (Å²) in [5.74, 6) is 0.852. The lowest BCUT2D eigenvalue weighted by molar-refractivity contribution is 0.885. The maximum absolute atomic E-state index is 9.00. The molecule has 0 N–H and O–H groups in total. The Balaban J connectivity index is 2.10. The van der Waals surface area contributed by atoms with E-state index in [4.69, 9.17) is 5.26 Å².